The van der Waals surface area contributed by atoms with Gasteiger partial charge in [0.25, 0.3) is 5.91 Å². The van der Waals surface area contributed by atoms with Crippen LogP contribution in [0, 0.1) is 5.82 Å². The van der Waals surface area contributed by atoms with E-state index in [2.05, 4.69) is 32.4 Å². The summed E-state index contributed by atoms with van der Waals surface area (Å²) in [4.78, 5) is 73.2. The van der Waals surface area contributed by atoms with Gasteiger partial charge in [0.1, 0.15) is 22.9 Å². The number of hydrogen-bond donors (Lipinski definition) is 2. The maximum atomic E-state index is 16.3. The molecule has 3 aromatic carbocycles. The lowest BCUT2D eigenvalue weighted by molar-refractivity contribution is -0.137. The van der Waals surface area contributed by atoms with Crippen molar-refractivity contribution in [3.63, 3.8) is 0 Å². The van der Waals surface area contributed by atoms with Crippen molar-refractivity contribution in [2.75, 3.05) is 58.8 Å². The summed E-state index contributed by atoms with van der Waals surface area (Å²) in [6, 6.07) is 16.3. The van der Waals surface area contributed by atoms with E-state index < -0.39 is 23.2 Å². The number of fused-ring (bicyclic) bond motifs is 3. The average molecular weight is 844 g/mol. The van der Waals surface area contributed by atoms with E-state index in [0.29, 0.717) is 73.3 Å². The topological polar surface area (TPSA) is 166 Å². The molecule has 0 saturated carbocycles. The second-order valence-electron chi connectivity index (χ2n) is 16.5. The average Bonchev–Trinajstić information content (AvgIpc) is 4.01. The minimum absolute atomic E-state index is 0.103. The van der Waals surface area contributed by atoms with Crippen LogP contribution < -0.4 is 15.0 Å². The summed E-state index contributed by atoms with van der Waals surface area (Å²) >= 11 is 0. The standard InChI is InChI=1S/C41H41FN6O6.C5H9N3/c1-45(2)39(52)31-19-29-28(18-27(36(42)37(29)43-31)25-7-6-15-46(20-25)23-49)26-11-10-24(17-34(26)54-3)14-16-47-21-41(22-47)30-8-4-5-9-32(30)48(40(41)53)33-12-13-35(50)44-38(33)51;1-2-4-8-5-3-6-7-8/h4-5,7-11,17-19,23,33,43H,6,12-16,20-22H2,1-3H3,(H,44,50,51);3,5H,2,4H2,1H3. The molecule has 0 aliphatic carbocycles. The smallest absolute Gasteiger partial charge is 0.269 e. The number of anilines is 1. The molecule has 5 aromatic rings. The molecule has 16 heteroatoms. The quantitative estimate of drug-likeness (QED) is 0.143. The maximum absolute atomic E-state index is 16.3. The molecule has 4 aliphatic rings. The molecule has 15 nitrogen and oxygen atoms in total. The molecule has 2 aromatic heterocycles. The Balaban J connectivity index is 0.000000596. The van der Waals surface area contributed by atoms with Gasteiger partial charge < -0.3 is 24.4 Å². The Morgan fingerprint density at radius 1 is 1.05 bits per heavy atom. The van der Waals surface area contributed by atoms with Gasteiger partial charge in [0.2, 0.25) is 24.1 Å². The number of amides is 5. The van der Waals surface area contributed by atoms with Crippen LogP contribution in [0.4, 0.5) is 10.1 Å². The number of carbonyl (C=O) groups is 5. The first-order chi connectivity index (χ1) is 30.0. The Labute approximate surface area is 358 Å². The number of piperidine rings is 1. The number of imide groups is 1. The van der Waals surface area contributed by atoms with Gasteiger partial charge in [-0.3, -0.25) is 38.9 Å². The van der Waals surface area contributed by atoms with Crippen LogP contribution in [0.2, 0.25) is 0 Å². The third kappa shape index (κ3) is 7.74. The van der Waals surface area contributed by atoms with Gasteiger partial charge in [-0.05, 0) is 72.2 Å². The summed E-state index contributed by atoms with van der Waals surface area (Å²) in [6.45, 7) is 5.62. The number of carbonyl (C=O) groups excluding carboxylic acids is 5. The number of rotatable bonds is 11. The number of methoxy groups -OCH3 is 1. The molecule has 2 saturated heterocycles. The molecule has 1 atom stereocenters. The van der Waals surface area contributed by atoms with Crippen molar-refractivity contribution in [3.05, 3.63) is 101 Å². The van der Waals surface area contributed by atoms with Gasteiger partial charge in [-0.15, -0.1) is 5.10 Å². The van der Waals surface area contributed by atoms with Gasteiger partial charge in [-0.25, -0.2) is 4.39 Å². The lowest BCUT2D eigenvalue weighted by atomic mass is 9.74. The molecule has 5 amide bonds. The Hall–Kier alpha value is -6.68. The molecule has 0 bridgehead atoms. The monoisotopic (exact) mass is 843 g/mol. The van der Waals surface area contributed by atoms with Crippen LogP contribution >= 0.6 is 0 Å². The van der Waals surface area contributed by atoms with E-state index in [0.717, 1.165) is 41.8 Å². The molecule has 9 rings (SSSR count). The van der Waals surface area contributed by atoms with E-state index in [-0.39, 0.29) is 41.9 Å². The minimum atomic E-state index is -0.745. The predicted molar refractivity (Wildman–Crippen MR) is 231 cm³/mol. The van der Waals surface area contributed by atoms with Crippen molar-refractivity contribution >= 4 is 52.2 Å². The van der Waals surface area contributed by atoms with Crippen LogP contribution in [0.25, 0.3) is 27.6 Å². The number of aromatic amines is 1. The number of para-hydroxylation sites is 1. The molecular formula is C46H50FN9O6. The number of H-pyrrole nitrogens is 1. The first-order valence-corrected chi connectivity index (χ1v) is 20.9. The molecule has 2 N–H and O–H groups in total. The molecule has 1 unspecified atom stereocenters. The summed E-state index contributed by atoms with van der Waals surface area (Å²) in [5, 5.41) is 10.4. The van der Waals surface area contributed by atoms with Crippen LogP contribution in [-0.2, 0) is 37.6 Å². The fourth-order valence-electron chi connectivity index (χ4n) is 9.07. The number of nitrogens with zero attached hydrogens (tertiary/aromatic N) is 7. The fourth-order valence-corrected chi connectivity index (χ4v) is 9.07. The molecule has 62 heavy (non-hydrogen) atoms. The molecule has 1 spiro atoms. The van der Waals surface area contributed by atoms with Crippen molar-refractivity contribution < 1.29 is 33.1 Å². The number of halogens is 1. The number of nitrogens with one attached hydrogen (secondary N) is 2. The van der Waals surface area contributed by atoms with Crippen LogP contribution in [0.3, 0.4) is 0 Å². The van der Waals surface area contributed by atoms with Crippen molar-refractivity contribution in [3.8, 4) is 16.9 Å². The summed E-state index contributed by atoms with van der Waals surface area (Å²) in [5.74, 6) is -1.05. The number of likely N-dealkylation sites (tertiary alicyclic amines) is 1. The highest BCUT2D eigenvalue weighted by molar-refractivity contribution is 6.14. The summed E-state index contributed by atoms with van der Waals surface area (Å²) in [5.41, 5.74) is 4.82. The third-order valence-corrected chi connectivity index (χ3v) is 12.2. The number of aromatic nitrogens is 4. The highest BCUT2D eigenvalue weighted by Gasteiger charge is 2.59. The second-order valence-corrected chi connectivity index (χ2v) is 16.5. The van der Waals surface area contributed by atoms with E-state index in [1.165, 1.54) is 4.90 Å². The summed E-state index contributed by atoms with van der Waals surface area (Å²) < 4.78 is 24.0. The molecular weight excluding hydrogens is 794 g/mol. The van der Waals surface area contributed by atoms with Crippen LogP contribution in [0.5, 0.6) is 5.75 Å². The van der Waals surface area contributed by atoms with Crippen molar-refractivity contribution in [1.82, 2.24) is 40.0 Å². The first-order valence-electron chi connectivity index (χ1n) is 20.9. The molecule has 322 valence electrons. The van der Waals surface area contributed by atoms with Gasteiger partial charge in [0.15, 0.2) is 5.82 Å². The van der Waals surface area contributed by atoms with Crippen molar-refractivity contribution in [2.45, 2.75) is 57.0 Å². The lowest BCUT2D eigenvalue weighted by Gasteiger charge is -2.47. The number of benzene rings is 3. The normalized spacial score (nSPS) is 18.2. The largest absolute Gasteiger partial charge is 0.496 e. The predicted octanol–water partition coefficient (Wildman–Crippen LogP) is 4.57. The fraction of sp³-hybridized carbons (Fsp3) is 0.370. The van der Waals surface area contributed by atoms with Crippen molar-refractivity contribution in [2.24, 2.45) is 0 Å². The van der Waals surface area contributed by atoms with Crippen LogP contribution in [0.1, 0.15) is 59.8 Å². The Kier molecular flexibility index (Phi) is 11.8. The lowest BCUT2D eigenvalue weighted by Crippen LogP contribution is -2.65. The molecule has 0 radical (unpaired) electrons. The van der Waals surface area contributed by atoms with E-state index in [9.17, 15) is 24.0 Å². The third-order valence-electron chi connectivity index (χ3n) is 12.2. The van der Waals surface area contributed by atoms with Crippen molar-refractivity contribution in [1.29, 1.82) is 0 Å². The van der Waals surface area contributed by atoms with E-state index in [4.69, 9.17) is 4.74 Å². The molecule has 6 heterocycles. The number of hydrogen-bond acceptors (Lipinski definition) is 9. The van der Waals surface area contributed by atoms with E-state index in [1.54, 1.807) is 49.3 Å². The first kappa shape index (κ1) is 42.0. The zero-order valence-electron chi connectivity index (χ0n) is 35.3. The second kappa shape index (κ2) is 17.4. The van der Waals surface area contributed by atoms with Gasteiger partial charge >= 0.3 is 0 Å². The van der Waals surface area contributed by atoms with Gasteiger partial charge in [0.05, 0.1) is 18.8 Å². The van der Waals surface area contributed by atoms with Crippen LogP contribution in [-0.4, -0.2) is 125 Å². The Morgan fingerprint density at radius 3 is 2.56 bits per heavy atom. The minimum Gasteiger partial charge on any atom is -0.496 e. The highest BCUT2D eigenvalue weighted by Crippen LogP contribution is 2.49. The van der Waals surface area contributed by atoms with E-state index >= 15 is 4.39 Å². The zero-order valence-corrected chi connectivity index (χ0v) is 35.3. The summed E-state index contributed by atoms with van der Waals surface area (Å²) in [6.07, 6.45) is 9.15. The number of aryl methyl sites for hydroxylation is 1. The molecule has 2 fully saturated rings. The van der Waals surface area contributed by atoms with Crippen LogP contribution in [0.15, 0.2) is 73.1 Å². The Bertz CT molecular complexity index is 2580. The van der Waals surface area contributed by atoms with E-state index in [1.807, 2.05) is 59.4 Å². The summed E-state index contributed by atoms with van der Waals surface area (Å²) in [7, 11) is 4.87. The van der Waals surface area contributed by atoms with Gasteiger partial charge in [0, 0.05) is 88.2 Å². The number of ether oxygens (including phenoxy) is 1. The Morgan fingerprint density at radius 2 is 1.85 bits per heavy atom. The zero-order chi connectivity index (χ0) is 43.7. The SMILES string of the molecule is CCCn1ccnn1.COc1cc(CCN2CC3(C2)C(=O)N(C2CCC(=O)NC2=O)c2ccccc23)ccc1-c1cc(C2=CCCN(C=O)C2)c(F)c2[nH]c(C(=O)N(C)C)cc12. The maximum Gasteiger partial charge on any atom is 0.269 e. The van der Waals surface area contributed by atoms with Gasteiger partial charge in [-0.1, -0.05) is 48.5 Å². The van der Waals surface area contributed by atoms with Gasteiger partial charge in [-0.2, -0.15) is 0 Å². The molecule has 4 aliphatic heterocycles. The highest BCUT2D eigenvalue weighted by atomic mass is 19.1.